The molecule has 11 rings (SSSR count). The highest BCUT2D eigenvalue weighted by atomic mass is 32.1. The van der Waals surface area contributed by atoms with E-state index in [0.29, 0.717) is 0 Å². The van der Waals surface area contributed by atoms with E-state index < -0.39 is 0 Å². The van der Waals surface area contributed by atoms with E-state index in [2.05, 4.69) is 260 Å². The minimum atomic E-state index is -0.159. The highest BCUT2D eigenvalue weighted by Gasteiger charge is 2.24. The van der Waals surface area contributed by atoms with E-state index in [-0.39, 0.29) is 16.2 Å². The van der Waals surface area contributed by atoms with Gasteiger partial charge in [-0.25, -0.2) is 4.98 Å². The van der Waals surface area contributed by atoms with Crippen LogP contribution in [0.3, 0.4) is 0 Å². The van der Waals surface area contributed by atoms with Crippen LogP contribution in [0.15, 0.2) is 188 Å². The maximum Gasteiger partial charge on any atom is 0.137 e. The molecule has 0 saturated heterocycles. The lowest BCUT2D eigenvalue weighted by Gasteiger charge is -2.26. The van der Waals surface area contributed by atoms with Crippen molar-refractivity contribution in [3.63, 3.8) is 0 Å². The monoisotopic (exact) mass is 944 g/mol. The minimum Gasteiger partial charge on any atom is -0.457 e. The van der Waals surface area contributed by atoms with Crippen molar-refractivity contribution in [3.05, 3.63) is 205 Å². The average molecular weight is 945 g/mol. The van der Waals surface area contributed by atoms with Crippen molar-refractivity contribution in [1.29, 1.82) is 0 Å². The van der Waals surface area contributed by atoms with Crippen LogP contribution in [0.2, 0.25) is 0 Å². The van der Waals surface area contributed by atoms with E-state index in [1.165, 1.54) is 42.1 Å². The summed E-state index contributed by atoms with van der Waals surface area (Å²) in [7, 11) is 0. The zero-order valence-corrected chi connectivity index (χ0v) is 42.9. The van der Waals surface area contributed by atoms with E-state index in [0.717, 1.165) is 78.9 Å². The second-order valence-corrected chi connectivity index (χ2v) is 23.0. The fraction of sp³-hybridized carbons (Fsp3) is 0.185. The Morgan fingerprint density at radius 2 is 1.06 bits per heavy atom. The van der Waals surface area contributed by atoms with Gasteiger partial charge in [0.1, 0.15) is 17.3 Å². The molecule has 0 aliphatic rings. The van der Waals surface area contributed by atoms with Crippen LogP contribution in [-0.4, -0.2) is 9.55 Å². The van der Waals surface area contributed by atoms with Crippen LogP contribution in [0.4, 0.5) is 22.7 Å². The molecule has 0 unspecified atom stereocenters. The third-order valence-electron chi connectivity index (χ3n) is 13.7. The molecule has 11 aromatic rings. The maximum absolute atomic E-state index is 7.01. The predicted octanol–water partition coefficient (Wildman–Crippen LogP) is 19.1. The molecule has 3 aromatic heterocycles. The van der Waals surface area contributed by atoms with Gasteiger partial charge in [-0.05, 0) is 117 Å². The van der Waals surface area contributed by atoms with Gasteiger partial charge in [0, 0.05) is 66.1 Å². The molecular formula is C65H60N4OS. The van der Waals surface area contributed by atoms with Gasteiger partial charge in [-0.15, -0.1) is 11.3 Å². The number of rotatable bonds is 9. The molecule has 0 fully saturated rings. The topological polar surface area (TPSA) is 51.1 Å². The largest absolute Gasteiger partial charge is 0.457 e. The number of nitrogens with zero attached hydrogens (tertiary/aromatic N) is 2. The summed E-state index contributed by atoms with van der Waals surface area (Å²) in [6.07, 6.45) is 1.94. The first-order valence-corrected chi connectivity index (χ1v) is 25.5. The molecule has 2 N–H and O–H groups in total. The number of hydrogen-bond donors (Lipinski definition) is 2. The number of nitrogens with one attached hydrogen (secondary N) is 2. The van der Waals surface area contributed by atoms with Crippen LogP contribution in [0.25, 0.3) is 70.0 Å². The Morgan fingerprint density at radius 1 is 0.465 bits per heavy atom. The zero-order valence-electron chi connectivity index (χ0n) is 42.1. The number of anilines is 4. The molecule has 0 aliphatic carbocycles. The summed E-state index contributed by atoms with van der Waals surface area (Å²) in [5.41, 5.74) is 14.1. The van der Waals surface area contributed by atoms with Crippen molar-refractivity contribution in [2.45, 2.75) is 78.6 Å². The van der Waals surface area contributed by atoms with Gasteiger partial charge in [-0.2, -0.15) is 0 Å². The molecule has 71 heavy (non-hydrogen) atoms. The molecule has 5 nitrogen and oxygen atoms in total. The molecule has 0 radical (unpaired) electrons. The van der Waals surface area contributed by atoms with Gasteiger partial charge in [0.25, 0.3) is 0 Å². The third kappa shape index (κ3) is 8.83. The van der Waals surface area contributed by atoms with E-state index in [4.69, 9.17) is 9.72 Å². The smallest absolute Gasteiger partial charge is 0.137 e. The van der Waals surface area contributed by atoms with Gasteiger partial charge in [0.2, 0.25) is 0 Å². The van der Waals surface area contributed by atoms with E-state index in [1.807, 2.05) is 17.5 Å². The lowest BCUT2D eigenvalue weighted by molar-refractivity contribution is 0.479. The van der Waals surface area contributed by atoms with Crippen LogP contribution in [0.5, 0.6) is 11.5 Å². The summed E-state index contributed by atoms with van der Waals surface area (Å²) in [4.78, 5) is 5.02. The Bertz CT molecular complexity index is 3730. The normalized spacial score (nSPS) is 12.3. The summed E-state index contributed by atoms with van der Waals surface area (Å²) in [6, 6.07) is 65.4. The molecule has 352 valence electrons. The SMILES string of the molecule is CC(C)(C)c1cc(Nc2ccccc2Nc2c(-c3ccccc3)cc(C(C)(C)C)cc2-c2ccccc2)cc(Oc2ccc3c4c5sc6ccccc6c5ccc4n(-c4cc(C(C)(C)C)ccn4)c3c2)c1. The molecular weight excluding hydrogens is 885 g/mol. The van der Waals surface area contributed by atoms with Crippen LogP contribution >= 0.6 is 11.3 Å². The van der Waals surface area contributed by atoms with Crippen LogP contribution in [0, 0.1) is 0 Å². The Balaban J connectivity index is 1.01. The molecule has 0 amide bonds. The van der Waals surface area contributed by atoms with Gasteiger partial charge in [-0.1, -0.05) is 159 Å². The average Bonchev–Trinajstić information content (AvgIpc) is 3.90. The number of aromatic nitrogens is 2. The van der Waals surface area contributed by atoms with Gasteiger partial charge >= 0.3 is 0 Å². The van der Waals surface area contributed by atoms with E-state index in [9.17, 15) is 0 Å². The number of fused-ring (bicyclic) bond motifs is 7. The Morgan fingerprint density at radius 3 is 1.72 bits per heavy atom. The van der Waals surface area contributed by atoms with Crippen molar-refractivity contribution >= 4 is 76.1 Å². The van der Waals surface area contributed by atoms with Crippen molar-refractivity contribution in [2.75, 3.05) is 10.6 Å². The first kappa shape index (κ1) is 45.8. The van der Waals surface area contributed by atoms with Gasteiger partial charge in [-0.3, -0.25) is 4.57 Å². The summed E-state index contributed by atoms with van der Waals surface area (Å²) in [5, 5.41) is 12.8. The van der Waals surface area contributed by atoms with Crippen LogP contribution in [-0.2, 0) is 16.2 Å². The molecule has 0 saturated carbocycles. The second-order valence-electron chi connectivity index (χ2n) is 21.9. The highest BCUT2D eigenvalue weighted by molar-refractivity contribution is 7.26. The third-order valence-corrected chi connectivity index (χ3v) is 14.9. The maximum atomic E-state index is 7.01. The van der Waals surface area contributed by atoms with Gasteiger partial charge in [0.05, 0.1) is 28.1 Å². The number of hydrogen-bond acceptors (Lipinski definition) is 5. The number of thiophene rings is 1. The van der Waals surface area contributed by atoms with Gasteiger partial charge < -0.3 is 15.4 Å². The summed E-state index contributed by atoms with van der Waals surface area (Å²) >= 11 is 1.86. The van der Waals surface area contributed by atoms with Crippen molar-refractivity contribution in [1.82, 2.24) is 9.55 Å². The molecule has 0 bridgehead atoms. The molecule has 8 aromatic carbocycles. The highest BCUT2D eigenvalue weighted by Crippen LogP contribution is 2.47. The minimum absolute atomic E-state index is 0.0439. The fourth-order valence-corrected chi connectivity index (χ4v) is 11.0. The lowest BCUT2D eigenvalue weighted by Crippen LogP contribution is -2.12. The zero-order chi connectivity index (χ0) is 49.2. The second kappa shape index (κ2) is 17.6. The quantitative estimate of drug-likeness (QED) is 0.151. The Hall–Kier alpha value is -7.67. The van der Waals surface area contributed by atoms with Crippen LogP contribution < -0.4 is 15.4 Å². The Kier molecular flexibility index (Phi) is 11.4. The predicted molar refractivity (Wildman–Crippen MR) is 304 cm³/mol. The summed E-state index contributed by atoms with van der Waals surface area (Å²) < 4.78 is 11.9. The standard InChI is InChI=1S/C65H60N4OS/c1-63(2,3)43-32-33-66-59(38-43)69-56-31-30-50-49-24-16-19-27-58(49)71-62(50)60(56)51-29-28-47(40-57(51)69)70-48-35-44(64(4,5)6)34-46(39-48)67-54-25-17-18-26-55(54)68-61-52(41-20-12-10-13-21-41)36-45(65(7,8)9)37-53(61)42-22-14-11-15-23-42/h10-40,67-68H,1-9H3. The van der Waals surface area contributed by atoms with Gasteiger partial charge in [0.15, 0.2) is 0 Å². The first-order valence-electron chi connectivity index (χ1n) is 24.7. The molecule has 0 aliphatic heterocycles. The molecule has 6 heteroatoms. The van der Waals surface area contributed by atoms with E-state index >= 15 is 0 Å². The number of ether oxygens (including phenoxy) is 1. The summed E-state index contributed by atoms with van der Waals surface area (Å²) in [5.74, 6) is 2.39. The summed E-state index contributed by atoms with van der Waals surface area (Å²) in [6.45, 7) is 20.4. The first-order chi connectivity index (χ1) is 34.1. The molecule has 0 atom stereocenters. The van der Waals surface area contributed by atoms with Crippen molar-refractivity contribution in [2.24, 2.45) is 0 Å². The number of benzene rings is 8. The fourth-order valence-electron chi connectivity index (χ4n) is 9.77. The molecule has 3 heterocycles. The van der Waals surface area contributed by atoms with Crippen molar-refractivity contribution < 1.29 is 4.74 Å². The number of pyridine rings is 1. The Labute approximate surface area is 421 Å². The molecule has 0 spiro atoms. The van der Waals surface area contributed by atoms with Crippen molar-refractivity contribution in [3.8, 4) is 39.6 Å². The number of para-hydroxylation sites is 2. The van der Waals surface area contributed by atoms with Crippen LogP contribution in [0.1, 0.15) is 79.0 Å². The lowest BCUT2D eigenvalue weighted by atomic mass is 9.82. The van der Waals surface area contributed by atoms with E-state index in [1.54, 1.807) is 0 Å².